The summed E-state index contributed by atoms with van der Waals surface area (Å²) in [7, 11) is 0. The standard InChI is InChI=1S/C18H31N3O12/c1-5-11(24)14(27)15(28)18(32-5)31-4-8-12(25)13(26)10(20-6(2)22)16(33-8)21-9(23)3-7(19)17(29)30/h5,7-8,10-16,18,24-28H,3-4,19H2,1-2H3,(H,20,22)(H,21,23)(H,29,30)/t5-,7-,8?,10?,11-,12+,13+,14?,15?,16+,18+/m0/s1. The van der Waals surface area contributed by atoms with Gasteiger partial charge < -0.3 is 61.2 Å². The summed E-state index contributed by atoms with van der Waals surface area (Å²) in [5.74, 6) is -2.88. The van der Waals surface area contributed by atoms with Crippen molar-refractivity contribution in [2.24, 2.45) is 5.73 Å². The number of carboxylic acid groups (broad SMARTS) is 1. The van der Waals surface area contributed by atoms with Gasteiger partial charge in [-0.1, -0.05) is 0 Å². The highest BCUT2D eigenvalue weighted by Crippen LogP contribution is 2.25. The number of ether oxygens (including phenoxy) is 3. The number of carbonyl (C=O) groups is 3. The fraction of sp³-hybridized carbons (Fsp3) is 0.833. The van der Waals surface area contributed by atoms with Crippen molar-refractivity contribution >= 4 is 17.8 Å². The van der Waals surface area contributed by atoms with Crippen LogP contribution in [-0.4, -0.2) is 122 Å². The first-order valence-electron chi connectivity index (χ1n) is 10.2. The molecule has 11 atom stereocenters. The summed E-state index contributed by atoms with van der Waals surface area (Å²) in [4.78, 5) is 34.6. The van der Waals surface area contributed by atoms with E-state index in [2.05, 4.69) is 10.6 Å². The van der Waals surface area contributed by atoms with Gasteiger partial charge in [0.25, 0.3) is 0 Å². The first-order chi connectivity index (χ1) is 15.3. The van der Waals surface area contributed by atoms with Crippen LogP contribution in [0.25, 0.3) is 0 Å². The van der Waals surface area contributed by atoms with Crippen molar-refractivity contribution < 1.29 is 59.2 Å². The molecule has 0 aromatic rings. The van der Waals surface area contributed by atoms with Crippen LogP contribution < -0.4 is 16.4 Å². The van der Waals surface area contributed by atoms with Crippen molar-refractivity contribution in [1.29, 1.82) is 0 Å². The predicted molar refractivity (Wildman–Crippen MR) is 105 cm³/mol. The highest BCUT2D eigenvalue weighted by molar-refractivity contribution is 5.84. The van der Waals surface area contributed by atoms with Gasteiger partial charge in [-0.2, -0.15) is 0 Å². The van der Waals surface area contributed by atoms with Crippen molar-refractivity contribution in [3.63, 3.8) is 0 Å². The van der Waals surface area contributed by atoms with Gasteiger partial charge in [0.15, 0.2) is 12.5 Å². The van der Waals surface area contributed by atoms with Gasteiger partial charge in [-0.15, -0.1) is 0 Å². The van der Waals surface area contributed by atoms with Crippen molar-refractivity contribution in [1.82, 2.24) is 10.6 Å². The van der Waals surface area contributed by atoms with Crippen molar-refractivity contribution in [3.8, 4) is 0 Å². The number of aliphatic carboxylic acids is 1. The molecule has 190 valence electrons. The number of carboxylic acids is 1. The van der Waals surface area contributed by atoms with Gasteiger partial charge in [0.2, 0.25) is 11.8 Å². The Hall–Kier alpha value is -1.95. The van der Waals surface area contributed by atoms with Crippen LogP contribution in [0.15, 0.2) is 0 Å². The Morgan fingerprint density at radius 1 is 0.970 bits per heavy atom. The number of aliphatic hydroxyl groups is 5. The van der Waals surface area contributed by atoms with Crippen LogP contribution in [0.2, 0.25) is 0 Å². The monoisotopic (exact) mass is 481 g/mol. The molecular formula is C18H31N3O12. The maximum absolute atomic E-state index is 12.2. The molecule has 15 heteroatoms. The van der Waals surface area contributed by atoms with Crippen molar-refractivity contribution in [2.45, 2.75) is 87.6 Å². The number of rotatable bonds is 8. The second kappa shape index (κ2) is 11.5. The fourth-order valence-electron chi connectivity index (χ4n) is 3.47. The molecule has 2 saturated heterocycles. The summed E-state index contributed by atoms with van der Waals surface area (Å²) in [5, 5.41) is 64.1. The number of carbonyl (C=O) groups excluding carboxylic acids is 2. The third kappa shape index (κ3) is 6.78. The molecule has 2 fully saturated rings. The van der Waals surface area contributed by atoms with Gasteiger partial charge >= 0.3 is 5.97 Å². The van der Waals surface area contributed by atoms with Crippen LogP contribution >= 0.6 is 0 Å². The number of hydrogen-bond acceptors (Lipinski definition) is 12. The average Bonchev–Trinajstić information content (AvgIpc) is 2.73. The van der Waals surface area contributed by atoms with Gasteiger partial charge in [0, 0.05) is 6.92 Å². The minimum Gasteiger partial charge on any atom is -0.480 e. The molecule has 0 spiro atoms. The molecule has 0 saturated carbocycles. The number of nitrogens with one attached hydrogen (secondary N) is 2. The average molecular weight is 481 g/mol. The Kier molecular flexibility index (Phi) is 9.48. The van der Waals surface area contributed by atoms with E-state index in [0.29, 0.717) is 0 Å². The zero-order valence-corrected chi connectivity index (χ0v) is 18.0. The zero-order valence-electron chi connectivity index (χ0n) is 18.0. The third-order valence-electron chi connectivity index (χ3n) is 5.38. The van der Waals surface area contributed by atoms with Gasteiger partial charge in [-0.25, -0.2) is 0 Å². The number of aliphatic hydroxyl groups excluding tert-OH is 5. The maximum atomic E-state index is 12.2. The lowest BCUT2D eigenvalue weighted by molar-refractivity contribution is -0.305. The van der Waals surface area contributed by atoms with Crippen LogP contribution in [-0.2, 0) is 28.6 Å². The highest BCUT2D eigenvalue weighted by atomic mass is 16.7. The second-order valence-electron chi connectivity index (χ2n) is 8.03. The van der Waals surface area contributed by atoms with Crippen molar-refractivity contribution in [3.05, 3.63) is 0 Å². The molecule has 10 N–H and O–H groups in total. The molecule has 15 nitrogen and oxygen atoms in total. The Bertz CT molecular complexity index is 711. The van der Waals surface area contributed by atoms with E-state index in [1.54, 1.807) is 0 Å². The molecule has 2 heterocycles. The van der Waals surface area contributed by atoms with Crippen LogP contribution in [0.4, 0.5) is 0 Å². The molecule has 0 aromatic carbocycles. The number of nitrogens with two attached hydrogens (primary N) is 1. The Balaban J connectivity index is 2.09. The van der Waals surface area contributed by atoms with E-state index < -0.39 is 98.1 Å². The fourth-order valence-corrected chi connectivity index (χ4v) is 3.47. The quantitative estimate of drug-likeness (QED) is 0.157. The molecule has 2 rings (SSSR count). The van der Waals surface area contributed by atoms with E-state index >= 15 is 0 Å². The summed E-state index contributed by atoms with van der Waals surface area (Å²) in [6.07, 6.45) is -13.4. The van der Waals surface area contributed by atoms with E-state index in [4.69, 9.17) is 25.1 Å². The van der Waals surface area contributed by atoms with E-state index in [1.807, 2.05) is 0 Å². The smallest absolute Gasteiger partial charge is 0.321 e. The first kappa shape index (κ1) is 27.3. The summed E-state index contributed by atoms with van der Waals surface area (Å²) < 4.78 is 16.2. The Morgan fingerprint density at radius 2 is 1.61 bits per heavy atom. The number of amides is 2. The highest BCUT2D eigenvalue weighted by Gasteiger charge is 2.47. The van der Waals surface area contributed by atoms with Gasteiger partial charge in [-0.05, 0) is 6.92 Å². The maximum Gasteiger partial charge on any atom is 0.321 e. The SMILES string of the molecule is CC(=O)NC1[C@H](NC(=O)C[C@H](N)C(=O)O)OC(CO[C@@H]2O[C@@H](C)[C@H](O)C(O)C2O)[C@@H](O)[C@@H]1O. The summed E-state index contributed by atoms with van der Waals surface area (Å²) in [6, 6.07) is -2.80. The normalized spacial score (nSPS) is 40.0. The van der Waals surface area contributed by atoms with Crippen LogP contribution in [0, 0.1) is 0 Å². The van der Waals surface area contributed by atoms with Crippen LogP contribution in [0.5, 0.6) is 0 Å². The van der Waals surface area contributed by atoms with E-state index in [9.17, 15) is 39.9 Å². The summed E-state index contributed by atoms with van der Waals surface area (Å²) >= 11 is 0. The number of hydrogen-bond donors (Lipinski definition) is 9. The molecule has 2 aliphatic rings. The minimum atomic E-state index is -1.64. The van der Waals surface area contributed by atoms with Crippen molar-refractivity contribution in [2.75, 3.05) is 6.61 Å². The second-order valence-corrected chi connectivity index (χ2v) is 8.03. The molecule has 0 bridgehead atoms. The van der Waals surface area contributed by atoms with Gasteiger partial charge in [0.05, 0.1) is 19.1 Å². The molecule has 0 aliphatic carbocycles. The van der Waals surface area contributed by atoms with Gasteiger partial charge in [-0.3, -0.25) is 14.4 Å². The van der Waals surface area contributed by atoms with E-state index in [-0.39, 0.29) is 0 Å². The van der Waals surface area contributed by atoms with E-state index in [0.717, 1.165) is 6.92 Å². The third-order valence-corrected chi connectivity index (χ3v) is 5.38. The van der Waals surface area contributed by atoms with Crippen LogP contribution in [0.3, 0.4) is 0 Å². The molecule has 0 aromatic heterocycles. The molecule has 33 heavy (non-hydrogen) atoms. The molecule has 2 aliphatic heterocycles. The summed E-state index contributed by atoms with van der Waals surface area (Å²) in [6.45, 7) is 2.08. The summed E-state index contributed by atoms with van der Waals surface area (Å²) in [5.41, 5.74) is 5.33. The van der Waals surface area contributed by atoms with Crippen LogP contribution in [0.1, 0.15) is 20.3 Å². The predicted octanol–water partition coefficient (Wildman–Crippen LogP) is -5.30. The molecule has 0 radical (unpaired) electrons. The Morgan fingerprint density at radius 3 is 2.18 bits per heavy atom. The largest absolute Gasteiger partial charge is 0.480 e. The molecule has 4 unspecified atom stereocenters. The Labute approximate surface area is 188 Å². The lowest BCUT2D eigenvalue weighted by Crippen LogP contribution is -2.68. The topological polar surface area (TPSA) is 250 Å². The first-order valence-corrected chi connectivity index (χ1v) is 10.2. The lowest BCUT2D eigenvalue weighted by atomic mass is 9.95. The lowest BCUT2D eigenvalue weighted by Gasteiger charge is -2.44. The molecule has 2 amide bonds. The van der Waals surface area contributed by atoms with E-state index in [1.165, 1.54) is 6.92 Å². The van der Waals surface area contributed by atoms with Gasteiger partial charge in [0.1, 0.15) is 48.7 Å². The molecular weight excluding hydrogens is 450 g/mol. The zero-order chi connectivity index (χ0) is 25.0. The minimum absolute atomic E-state index is 0.497.